The number of hydrogen-bond acceptors (Lipinski definition) is 3. The first-order valence-corrected chi connectivity index (χ1v) is 19.5. The summed E-state index contributed by atoms with van der Waals surface area (Å²) in [6.45, 7) is 0. The first kappa shape index (κ1) is 31.6. The normalized spacial score (nSPS) is 11.6. The Morgan fingerprint density at radius 3 is 1.82 bits per heavy atom. The fraction of sp³-hybridized carbons (Fsp3) is 0. The number of fused-ring (bicyclic) bond motifs is 7. The van der Waals surface area contributed by atoms with Gasteiger partial charge in [0.25, 0.3) is 0 Å². The van der Waals surface area contributed by atoms with E-state index in [1.165, 1.54) is 53.2 Å². The zero-order valence-corrected chi connectivity index (χ0v) is 30.6. The van der Waals surface area contributed by atoms with E-state index in [9.17, 15) is 0 Å². The van der Waals surface area contributed by atoms with E-state index >= 15 is 0 Å². The highest BCUT2D eigenvalue weighted by Crippen LogP contribution is 2.43. The number of hydrogen-bond donors (Lipinski definition) is 0. The van der Waals surface area contributed by atoms with Gasteiger partial charge < -0.3 is 9.32 Å². The van der Waals surface area contributed by atoms with Crippen molar-refractivity contribution in [2.24, 2.45) is 0 Å². The summed E-state index contributed by atoms with van der Waals surface area (Å²) in [5, 5.41) is 7.40. The van der Waals surface area contributed by atoms with E-state index in [1.54, 1.807) is 0 Å². The van der Waals surface area contributed by atoms with E-state index in [1.807, 2.05) is 23.5 Å². The van der Waals surface area contributed by atoms with Gasteiger partial charge >= 0.3 is 0 Å². The Balaban J connectivity index is 1.06. The van der Waals surface area contributed by atoms with E-state index in [0.717, 1.165) is 50.1 Å². The van der Waals surface area contributed by atoms with Crippen LogP contribution in [0.4, 0.5) is 17.1 Å². The van der Waals surface area contributed by atoms with Crippen molar-refractivity contribution < 1.29 is 4.42 Å². The summed E-state index contributed by atoms with van der Waals surface area (Å²) < 4.78 is 8.92. The molecule has 0 fully saturated rings. The minimum absolute atomic E-state index is 0.897. The highest BCUT2D eigenvalue weighted by Gasteiger charge is 2.18. The molecule has 2 nitrogen and oxygen atoms in total. The van der Waals surface area contributed by atoms with E-state index < -0.39 is 0 Å². The first-order valence-electron chi connectivity index (χ1n) is 18.7. The van der Waals surface area contributed by atoms with Gasteiger partial charge in [-0.05, 0) is 105 Å². The van der Waals surface area contributed by atoms with Crippen molar-refractivity contribution in [3.63, 3.8) is 0 Å². The Labute approximate surface area is 322 Å². The van der Waals surface area contributed by atoms with Crippen LogP contribution < -0.4 is 4.90 Å². The number of benzene rings is 9. The summed E-state index contributed by atoms with van der Waals surface area (Å²) >= 11 is 1.86. The van der Waals surface area contributed by atoms with Crippen LogP contribution in [-0.2, 0) is 0 Å². The van der Waals surface area contributed by atoms with E-state index in [4.69, 9.17) is 4.42 Å². The third-order valence-corrected chi connectivity index (χ3v) is 12.0. The predicted octanol–water partition coefficient (Wildman–Crippen LogP) is 15.6. The molecule has 2 heterocycles. The van der Waals surface area contributed by atoms with Crippen molar-refractivity contribution in [2.75, 3.05) is 4.90 Å². The predicted molar refractivity (Wildman–Crippen MR) is 235 cm³/mol. The molecule has 0 aliphatic heterocycles. The van der Waals surface area contributed by atoms with Gasteiger partial charge in [-0.15, -0.1) is 11.3 Å². The molecule has 0 amide bonds. The van der Waals surface area contributed by atoms with Crippen molar-refractivity contribution in [3.8, 4) is 33.4 Å². The molecular formula is C52H33NOS. The SMILES string of the molecule is c1cc(-c2ccc3c(c2)sc2ccccc23)cc(N(c2ccc(-c3cccc4ccccc34)cc2)c2cccc(-c3cccc4oc5ccccc5c34)c2)c1. The molecule has 0 aliphatic carbocycles. The number of para-hydroxylation sites is 1. The smallest absolute Gasteiger partial charge is 0.136 e. The maximum absolute atomic E-state index is 6.29. The number of furan rings is 1. The van der Waals surface area contributed by atoms with E-state index in [0.29, 0.717) is 0 Å². The maximum atomic E-state index is 6.29. The van der Waals surface area contributed by atoms with Gasteiger partial charge in [-0.1, -0.05) is 140 Å². The lowest BCUT2D eigenvalue weighted by atomic mass is 9.97. The number of anilines is 3. The van der Waals surface area contributed by atoms with Crippen LogP contribution in [0, 0.1) is 0 Å². The molecule has 0 aliphatic rings. The van der Waals surface area contributed by atoms with Crippen LogP contribution >= 0.6 is 11.3 Å². The fourth-order valence-electron chi connectivity index (χ4n) is 8.27. The average Bonchev–Trinajstić information content (AvgIpc) is 3.82. The summed E-state index contributed by atoms with van der Waals surface area (Å²) in [5.74, 6) is 0. The minimum Gasteiger partial charge on any atom is -0.456 e. The molecule has 11 rings (SSSR count). The summed E-state index contributed by atoms with van der Waals surface area (Å²) in [6, 6.07) is 72.3. The highest BCUT2D eigenvalue weighted by molar-refractivity contribution is 7.25. The van der Waals surface area contributed by atoms with Crippen LogP contribution in [0.25, 0.3) is 86.3 Å². The van der Waals surface area contributed by atoms with Gasteiger partial charge in [-0.3, -0.25) is 0 Å². The Morgan fingerprint density at radius 2 is 0.945 bits per heavy atom. The molecule has 2 aromatic heterocycles. The Bertz CT molecular complexity index is 3220. The van der Waals surface area contributed by atoms with Crippen molar-refractivity contribution >= 4 is 81.3 Å². The van der Waals surface area contributed by atoms with E-state index in [-0.39, 0.29) is 0 Å². The zero-order valence-electron chi connectivity index (χ0n) is 29.8. The van der Waals surface area contributed by atoms with Gasteiger partial charge in [0.15, 0.2) is 0 Å². The van der Waals surface area contributed by atoms with Crippen LogP contribution in [-0.4, -0.2) is 0 Å². The number of thiophene rings is 1. The molecule has 3 heteroatoms. The first-order chi connectivity index (χ1) is 27.2. The molecular weight excluding hydrogens is 687 g/mol. The molecule has 0 radical (unpaired) electrons. The molecule has 0 N–H and O–H groups in total. The van der Waals surface area contributed by atoms with Crippen LogP contribution in [0.15, 0.2) is 205 Å². The average molecular weight is 720 g/mol. The topological polar surface area (TPSA) is 16.4 Å². The summed E-state index contributed by atoms with van der Waals surface area (Å²) in [4.78, 5) is 2.38. The summed E-state index contributed by atoms with van der Waals surface area (Å²) in [5.41, 5.74) is 12.2. The van der Waals surface area contributed by atoms with E-state index in [2.05, 4.69) is 193 Å². The van der Waals surface area contributed by atoms with Gasteiger partial charge in [0.2, 0.25) is 0 Å². The molecule has 258 valence electrons. The van der Waals surface area contributed by atoms with Crippen LogP contribution in [0.5, 0.6) is 0 Å². The van der Waals surface area contributed by atoms with Gasteiger partial charge in [-0.2, -0.15) is 0 Å². The minimum atomic E-state index is 0.897. The Hall–Kier alpha value is -6.94. The lowest BCUT2D eigenvalue weighted by Gasteiger charge is -2.27. The van der Waals surface area contributed by atoms with Gasteiger partial charge in [0.05, 0.1) is 0 Å². The fourth-order valence-corrected chi connectivity index (χ4v) is 9.42. The molecule has 0 saturated carbocycles. The molecule has 0 saturated heterocycles. The molecule has 55 heavy (non-hydrogen) atoms. The second kappa shape index (κ2) is 12.9. The molecule has 9 aromatic carbocycles. The number of rotatable bonds is 6. The third-order valence-electron chi connectivity index (χ3n) is 10.9. The second-order valence-corrected chi connectivity index (χ2v) is 15.2. The van der Waals surface area contributed by atoms with Gasteiger partial charge in [0.1, 0.15) is 11.2 Å². The van der Waals surface area contributed by atoms with Crippen LogP contribution in [0.1, 0.15) is 0 Å². The Kier molecular flexibility index (Phi) is 7.39. The maximum Gasteiger partial charge on any atom is 0.136 e. The monoisotopic (exact) mass is 719 g/mol. The van der Waals surface area contributed by atoms with Crippen molar-refractivity contribution in [2.45, 2.75) is 0 Å². The van der Waals surface area contributed by atoms with Crippen molar-refractivity contribution in [1.29, 1.82) is 0 Å². The quantitative estimate of drug-likeness (QED) is 0.170. The molecule has 0 bridgehead atoms. The molecule has 0 unspecified atom stereocenters. The molecule has 0 atom stereocenters. The van der Waals surface area contributed by atoms with Gasteiger partial charge in [0, 0.05) is 48.0 Å². The zero-order chi connectivity index (χ0) is 36.3. The lowest BCUT2D eigenvalue weighted by Crippen LogP contribution is -2.10. The molecule has 11 aromatic rings. The van der Waals surface area contributed by atoms with Crippen LogP contribution in [0.3, 0.4) is 0 Å². The van der Waals surface area contributed by atoms with Crippen LogP contribution in [0.2, 0.25) is 0 Å². The van der Waals surface area contributed by atoms with Gasteiger partial charge in [-0.25, -0.2) is 0 Å². The second-order valence-electron chi connectivity index (χ2n) is 14.1. The van der Waals surface area contributed by atoms with Crippen molar-refractivity contribution in [3.05, 3.63) is 200 Å². The third kappa shape index (κ3) is 5.40. The lowest BCUT2D eigenvalue weighted by molar-refractivity contribution is 0.669. The van der Waals surface area contributed by atoms with Crippen molar-refractivity contribution in [1.82, 2.24) is 0 Å². The standard InChI is InChI=1S/C52H33NOS/c1-2-17-42-34(11-1)12-9-20-43(42)35-25-28-39(29-26-35)53(40-15-7-13-36(31-40)37-27-30-46-45-18-4-6-24-50(45)55-51(46)33-37)41-16-8-14-38(32-41)44-21-10-23-49-52(44)47-19-3-5-22-48(47)54-49/h1-33H. The highest BCUT2D eigenvalue weighted by atomic mass is 32.1. The molecule has 0 spiro atoms. The summed E-state index contributed by atoms with van der Waals surface area (Å²) in [7, 11) is 0. The Morgan fingerprint density at radius 1 is 0.345 bits per heavy atom. The largest absolute Gasteiger partial charge is 0.456 e. The number of nitrogens with zero attached hydrogens (tertiary/aromatic N) is 1. The summed E-state index contributed by atoms with van der Waals surface area (Å²) in [6.07, 6.45) is 0.